The summed E-state index contributed by atoms with van der Waals surface area (Å²) in [6.07, 6.45) is -3.56. The van der Waals surface area contributed by atoms with Gasteiger partial charge in [-0.2, -0.15) is 13.4 Å². The molecule has 0 unspecified atom stereocenters. The summed E-state index contributed by atoms with van der Waals surface area (Å²) in [5.74, 6) is -1.24. The number of hydrogen-bond donors (Lipinski definition) is 2. The van der Waals surface area contributed by atoms with Crippen molar-refractivity contribution in [3.63, 3.8) is 0 Å². The van der Waals surface area contributed by atoms with Crippen LogP contribution in [0.15, 0.2) is 40.2 Å². The fourth-order valence-corrected chi connectivity index (χ4v) is 4.37. The van der Waals surface area contributed by atoms with Gasteiger partial charge in [0, 0.05) is 25.6 Å². The minimum atomic E-state index is -4.32. The lowest BCUT2D eigenvalue weighted by Gasteiger charge is -2.24. The fraction of sp³-hybridized carbons (Fsp3) is 0.429. The van der Waals surface area contributed by atoms with Crippen molar-refractivity contribution in [3.8, 4) is 0 Å². The second-order valence-electron chi connectivity index (χ2n) is 7.68. The Hall–Kier alpha value is -3.29. The van der Waals surface area contributed by atoms with Crippen LogP contribution in [0.1, 0.15) is 25.0 Å². The first-order chi connectivity index (χ1) is 16.0. The Kier molecular flexibility index (Phi) is 7.69. The first-order valence-electron chi connectivity index (χ1n) is 10.2. The molecule has 1 fully saturated rings. The molecule has 184 valence electrons. The summed E-state index contributed by atoms with van der Waals surface area (Å²) in [5, 5.41) is 2.84. The Bertz CT molecular complexity index is 1210. The second-order valence-corrected chi connectivity index (χ2v) is 9.25. The zero-order valence-corrected chi connectivity index (χ0v) is 19.7. The highest BCUT2D eigenvalue weighted by atomic mass is 32.2. The first kappa shape index (κ1) is 25.3. The van der Waals surface area contributed by atoms with E-state index in [1.807, 2.05) is 0 Å². The van der Waals surface area contributed by atoms with E-state index in [1.54, 1.807) is 26.0 Å². The van der Waals surface area contributed by atoms with Crippen LogP contribution in [-0.2, 0) is 38.1 Å². The number of nitrogens with zero attached hydrogens (tertiary/aromatic N) is 1. The van der Waals surface area contributed by atoms with Crippen molar-refractivity contribution in [1.29, 1.82) is 0 Å². The van der Waals surface area contributed by atoms with Crippen molar-refractivity contribution in [2.24, 2.45) is 0 Å². The molecule has 1 saturated heterocycles. The molecule has 0 bridgehead atoms. The molecule has 0 amide bonds. The second kappa shape index (κ2) is 10.3. The lowest BCUT2D eigenvalue weighted by Crippen LogP contribution is -2.43. The molecule has 0 spiro atoms. The Balaban J connectivity index is 1.96. The predicted octanol–water partition coefficient (Wildman–Crippen LogP) is 0.792. The molecule has 0 saturated carbocycles. The van der Waals surface area contributed by atoms with E-state index in [9.17, 15) is 22.8 Å². The van der Waals surface area contributed by atoms with Crippen LogP contribution < -0.4 is 11.0 Å². The van der Waals surface area contributed by atoms with Gasteiger partial charge in [-0.25, -0.2) is 4.79 Å². The van der Waals surface area contributed by atoms with Crippen LogP contribution in [0.25, 0.3) is 0 Å². The van der Waals surface area contributed by atoms with E-state index in [2.05, 4.69) is 15.3 Å². The third kappa shape index (κ3) is 6.18. The number of rotatable bonds is 8. The first-order valence-corrected chi connectivity index (χ1v) is 11.7. The Morgan fingerprint density at radius 1 is 1.12 bits per heavy atom. The maximum Gasteiger partial charge on any atom is 0.346 e. The zero-order valence-electron chi connectivity index (χ0n) is 18.9. The molecular weight excluding hydrogens is 470 g/mol. The number of nitrogens with one attached hydrogen (secondary N) is 2. The van der Waals surface area contributed by atoms with E-state index in [-0.39, 0.29) is 17.3 Å². The number of carbonyl (C=O) groups is 2. The maximum absolute atomic E-state index is 13.0. The summed E-state index contributed by atoms with van der Waals surface area (Å²) in [6, 6.07) is 5.96. The summed E-state index contributed by atoms with van der Waals surface area (Å²) in [4.78, 5) is 41.0. The van der Waals surface area contributed by atoms with Crippen molar-refractivity contribution in [2.75, 3.05) is 11.9 Å². The summed E-state index contributed by atoms with van der Waals surface area (Å²) in [6.45, 7) is 5.40. The van der Waals surface area contributed by atoms with Crippen LogP contribution in [0.5, 0.6) is 0 Å². The van der Waals surface area contributed by atoms with Gasteiger partial charge >= 0.3 is 17.6 Å². The van der Waals surface area contributed by atoms with Gasteiger partial charge in [0.25, 0.3) is 10.1 Å². The molecule has 2 heterocycles. The fourth-order valence-electron chi connectivity index (χ4n) is 3.26. The summed E-state index contributed by atoms with van der Waals surface area (Å²) >= 11 is 0. The number of aryl methyl sites for hydroxylation is 2. The van der Waals surface area contributed by atoms with Crippen LogP contribution in [-0.4, -0.2) is 61.5 Å². The standard InChI is InChI=1S/C21H25N3O9S/c1-11-5-7-15(8-6-11)34(28,29)33-17-16(10-30-13(3)25)32-20(18(17)31-14(4)26)23-19-12(2)9-22-21(27)24-19/h5-9,16-18,20H,10H2,1-4H3,(H2,22,23,24,27)/t16-,17+,18-,20-/m1/s1. The highest BCUT2D eigenvalue weighted by molar-refractivity contribution is 7.86. The lowest BCUT2D eigenvalue weighted by atomic mass is 10.1. The normalized spacial score (nSPS) is 22.2. The Morgan fingerprint density at radius 3 is 2.41 bits per heavy atom. The summed E-state index contributed by atoms with van der Waals surface area (Å²) in [5.41, 5.74) is 0.748. The van der Waals surface area contributed by atoms with Gasteiger partial charge in [-0.05, 0) is 26.0 Å². The van der Waals surface area contributed by atoms with Gasteiger partial charge in [0.2, 0.25) is 0 Å². The number of aromatic nitrogens is 2. The number of esters is 2. The number of aromatic amines is 1. The number of ether oxygens (including phenoxy) is 3. The zero-order chi connectivity index (χ0) is 25.0. The highest BCUT2D eigenvalue weighted by Crippen LogP contribution is 2.31. The molecule has 2 N–H and O–H groups in total. The van der Waals surface area contributed by atoms with Crippen molar-refractivity contribution < 1.29 is 36.4 Å². The van der Waals surface area contributed by atoms with Crippen LogP contribution in [0.3, 0.4) is 0 Å². The van der Waals surface area contributed by atoms with Gasteiger partial charge in [-0.3, -0.25) is 13.8 Å². The van der Waals surface area contributed by atoms with Crippen LogP contribution in [0, 0.1) is 13.8 Å². The molecule has 2 aromatic rings. The Morgan fingerprint density at radius 2 is 1.79 bits per heavy atom. The minimum absolute atomic E-state index is 0.116. The van der Waals surface area contributed by atoms with Gasteiger partial charge in [-0.15, -0.1) is 0 Å². The monoisotopic (exact) mass is 495 g/mol. The molecule has 1 aliphatic heterocycles. The van der Waals surface area contributed by atoms with Crippen LogP contribution in [0.2, 0.25) is 0 Å². The van der Waals surface area contributed by atoms with E-state index < -0.39 is 52.3 Å². The Labute approximate surface area is 195 Å². The van der Waals surface area contributed by atoms with E-state index >= 15 is 0 Å². The molecular formula is C21H25N3O9S. The number of anilines is 1. The quantitative estimate of drug-likeness (QED) is 0.393. The molecule has 1 aliphatic rings. The SMILES string of the molecule is CC(=O)OC[C@H]1O[C@@H](Nc2nc(=O)[nH]cc2C)[C@H](OC(C)=O)[C@H]1OS(=O)(=O)c1ccc(C)cc1. The molecule has 0 aliphatic carbocycles. The van der Waals surface area contributed by atoms with Crippen molar-refractivity contribution in [3.05, 3.63) is 52.1 Å². The molecule has 1 aromatic carbocycles. The summed E-state index contributed by atoms with van der Waals surface area (Å²) in [7, 11) is -4.32. The van der Waals surface area contributed by atoms with E-state index in [4.69, 9.17) is 18.4 Å². The molecule has 3 rings (SSSR count). The van der Waals surface area contributed by atoms with Crippen LogP contribution >= 0.6 is 0 Å². The van der Waals surface area contributed by atoms with E-state index in [0.29, 0.717) is 5.56 Å². The van der Waals surface area contributed by atoms with Gasteiger partial charge in [0.05, 0.1) is 4.90 Å². The maximum atomic E-state index is 13.0. The molecule has 12 nitrogen and oxygen atoms in total. The van der Waals surface area contributed by atoms with Gasteiger partial charge in [0.1, 0.15) is 24.6 Å². The topological polar surface area (TPSA) is 163 Å². The molecule has 4 atom stereocenters. The molecule has 34 heavy (non-hydrogen) atoms. The third-order valence-electron chi connectivity index (χ3n) is 4.89. The lowest BCUT2D eigenvalue weighted by molar-refractivity contribution is -0.151. The number of carbonyl (C=O) groups excluding carboxylic acids is 2. The van der Waals surface area contributed by atoms with Gasteiger partial charge in [0.15, 0.2) is 12.3 Å². The largest absolute Gasteiger partial charge is 0.463 e. The van der Waals surface area contributed by atoms with E-state index in [1.165, 1.54) is 25.3 Å². The number of H-pyrrole nitrogens is 1. The minimum Gasteiger partial charge on any atom is -0.463 e. The van der Waals surface area contributed by atoms with E-state index in [0.717, 1.165) is 12.5 Å². The van der Waals surface area contributed by atoms with Crippen molar-refractivity contribution in [2.45, 2.75) is 57.1 Å². The van der Waals surface area contributed by atoms with Gasteiger partial charge < -0.3 is 24.5 Å². The molecule has 0 radical (unpaired) electrons. The molecule has 13 heteroatoms. The average molecular weight is 496 g/mol. The summed E-state index contributed by atoms with van der Waals surface area (Å²) < 4.78 is 47.6. The van der Waals surface area contributed by atoms with Gasteiger partial charge in [-0.1, -0.05) is 17.7 Å². The third-order valence-corrected chi connectivity index (χ3v) is 6.21. The van der Waals surface area contributed by atoms with Crippen molar-refractivity contribution >= 4 is 27.9 Å². The van der Waals surface area contributed by atoms with Crippen molar-refractivity contribution in [1.82, 2.24) is 9.97 Å². The number of hydrogen-bond acceptors (Lipinski definition) is 11. The highest BCUT2D eigenvalue weighted by Gasteiger charge is 2.51. The number of benzene rings is 1. The predicted molar refractivity (Wildman–Crippen MR) is 117 cm³/mol. The smallest absolute Gasteiger partial charge is 0.346 e. The molecule has 1 aromatic heterocycles. The average Bonchev–Trinajstić information content (AvgIpc) is 3.04. The van der Waals surface area contributed by atoms with Crippen LogP contribution in [0.4, 0.5) is 5.82 Å².